The van der Waals surface area contributed by atoms with E-state index in [4.69, 9.17) is 0 Å². The molecule has 0 heterocycles. The topological polar surface area (TPSA) is 41.1 Å². The zero-order valence-corrected chi connectivity index (χ0v) is 11.5. The first-order valence-electron chi connectivity index (χ1n) is 6.12. The van der Waals surface area contributed by atoms with Crippen molar-refractivity contribution in [2.45, 2.75) is 40.0 Å². The van der Waals surface area contributed by atoms with E-state index >= 15 is 0 Å². The van der Waals surface area contributed by atoms with Crippen LogP contribution in [0.15, 0.2) is 0 Å². The van der Waals surface area contributed by atoms with Gasteiger partial charge in [0, 0.05) is 19.0 Å². The van der Waals surface area contributed by atoms with Gasteiger partial charge in [-0.05, 0) is 31.2 Å². The van der Waals surface area contributed by atoms with E-state index in [-0.39, 0.29) is 24.2 Å². The molecule has 0 aliphatic heterocycles. The Morgan fingerprint density at radius 1 is 1.31 bits per heavy atom. The molecule has 0 bridgehead atoms. The van der Waals surface area contributed by atoms with Crippen molar-refractivity contribution in [3.63, 3.8) is 0 Å². The number of carbonyl (C=O) groups is 1. The predicted molar refractivity (Wildman–Crippen MR) is 69.9 cm³/mol. The second-order valence-electron chi connectivity index (χ2n) is 4.81. The zero-order chi connectivity index (χ0) is 11.3. The third-order valence-electron chi connectivity index (χ3n) is 3.50. The fourth-order valence-corrected chi connectivity index (χ4v) is 1.91. The van der Waals surface area contributed by atoms with Gasteiger partial charge in [-0.25, -0.2) is 0 Å². The van der Waals surface area contributed by atoms with Crippen molar-refractivity contribution in [2.75, 3.05) is 19.6 Å². The first-order chi connectivity index (χ1) is 7.14. The van der Waals surface area contributed by atoms with Gasteiger partial charge in [0.2, 0.25) is 5.91 Å². The second kappa shape index (κ2) is 7.13. The highest BCUT2D eigenvalue weighted by Gasteiger charge is 2.52. The van der Waals surface area contributed by atoms with Crippen LogP contribution in [0.2, 0.25) is 0 Å². The molecule has 0 radical (unpaired) electrons. The molecule has 96 valence electrons. The molecule has 1 aliphatic carbocycles. The molecule has 2 atom stereocenters. The number of carbonyl (C=O) groups excluding carboxylic acids is 1. The highest BCUT2D eigenvalue weighted by Crippen LogP contribution is 2.54. The highest BCUT2D eigenvalue weighted by molar-refractivity contribution is 5.85. The third-order valence-corrected chi connectivity index (χ3v) is 3.50. The summed E-state index contributed by atoms with van der Waals surface area (Å²) in [5, 5.41) is 6.26. The molecule has 16 heavy (non-hydrogen) atoms. The summed E-state index contributed by atoms with van der Waals surface area (Å²) in [4.78, 5) is 11.7. The predicted octanol–water partition coefficient (Wildman–Crippen LogP) is 1.96. The Kier molecular flexibility index (Phi) is 7.00. The Hall–Kier alpha value is -0.280. The fourth-order valence-electron chi connectivity index (χ4n) is 1.91. The molecule has 0 saturated heterocycles. The molecule has 0 spiro atoms. The second-order valence-corrected chi connectivity index (χ2v) is 4.81. The van der Waals surface area contributed by atoms with Gasteiger partial charge in [-0.3, -0.25) is 4.79 Å². The number of nitrogens with one attached hydrogen (secondary N) is 2. The largest absolute Gasteiger partial charge is 0.355 e. The SMILES string of the molecule is CCCNCCNC(=O)C1CC1(C)CC.Cl. The van der Waals surface area contributed by atoms with Crippen molar-refractivity contribution < 1.29 is 4.79 Å². The van der Waals surface area contributed by atoms with E-state index in [2.05, 4.69) is 31.4 Å². The summed E-state index contributed by atoms with van der Waals surface area (Å²) in [5.41, 5.74) is 0.293. The summed E-state index contributed by atoms with van der Waals surface area (Å²) in [6.45, 7) is 9.18. The molecule has 1 saturated carbocycles. The van der Waals surface area contributed by atoms with Crippen LogP contribution in [0.25, 0.3) is 0 Å². The monoisotopic (exact) mass is 248 g/mol. The molecule has 1 amide bonds. The maximum absolute atomic E-state index is 11.7. The normalized spacial score (nSPS) is 27.1. The van der Waals surface area contributed by atoms with Crippen LogP contribution in [0.3, 0.4) is 0 Å². The van der Waals surface area contributed by atoms with Crippen LogP contribution >= 0.6 is 12.4 Å². The first-order valence-corrected chi connectivity index (χ1v) is 6.12. The smallest absolute Gasteiger partial charge is 0.223 e. The summed E-state index contributed by atoms with van der Waals surface area (Å²) < 4.78 is 0. The number of halogens is 1. The quantitative estimate of drug-likeness (QED) is 0.677. The number of hydrogen-bond acceptors (Lipinski definition) is 2. The summed E-state index contributed by atoms with van der Waals surface area (Å²) in [7, 11) is 0. The van der Waals surface area contributed by atoms with Crippen molar-refractivity contribution in [1.29, 1.82) is 0 Å². The molecule has 2 unspecified atom stereocenters. The van der Waals surface area contributed by atoms with E-state index in [1.54, 1.807) is 0 Å². The maximum atomic E-state index is 11.7. The van der Waals surface area contributed by atoms with E-state index in [9.17, 15) is 4.79 Å². The molecule has 2 N–H and O–H groups in total. The van der Waals surface area contributed by atoms with Crippen LogP contribution in [0.4, 0.5) is 0 Å². The summed E-state index contributed by atoms with van der Waals surface area (Å²) >= 11 is 0. The Balaban J connectivity index is 0.00000225. The van der Waals surface area contributed by atoms with E-state index in [0.29, 0.717) is 5.41 Å². The van der Waals surface area contributed by atoms with Crippen molar-refractivity contribution in [2.24, 2.45) is 11.3 Å². The summed E-state index contributed by atoms with van der Waals surface area (Å²) in [6.07, 6.45) is 3.32. The fraction of sp³-hybridized carbons (Fsp3) is 0.917. The average molecular weight is 249 g/mol. The third kappa shape index (κ3) is 4.30. The Labute approximate surface area is 105 Å². The van der Waals surface area contributed by atoms with Crippen LogP contribution in [0, 0.1) is 11.3 Å². The van der Waals surface area contributed by atoms with Gasteiger partial charge in [-0.2, -0.15) is 0 Å². The molecule has 0 aromatic heterocycles. The molecular weight excluding hydrogens is 224 g/mol. The minimum Gasteiger partial charge on any atom is -0.355 e. The Morgan fingerprint density at radius 3 is 2.50 bits per heavy atom. The molecule has 1 fully saturated rings. The van der Waals surface area contributed by atoms with Gasteiger partial charge < -0.3 is 10.6 Å². The molecule has 0 aromatic rings. The number of amides is 1. The van der Waals surface area contributed by atoms with Gasteiger partial charge in [0.25, 0.3) is 0 Å². The van der Waals surface area contributed by atoms with Crippen molar-refractivity contribution >= 4 is 18.3 Å². The van der Waals surface area contributed by atoms with E-state index in [1.165, 1.54) is 0 Å². The van der Waals surface area contributed by atoms with Gasteiger partial charge in [-0.15, -0.1) is 12.4 Å². The van der Waals surface area contributed by atoms with Crippen LogP contribution in [-0.2, 0) is 4.79 Å². The minimum atomic E-state index is 0. The van der Waals surface area contributed by atoms with Crippen molar-refractivity contribution in [3.8, 4) is 0 Å². The van der Waals surface area contributed by atoms with Gasteiger partial charge >= 0.3 is 0 Å². The summed E-state index contributed by atoms with van der Waals surface area (Å²) in [5.74, 6) is 0.520. The van der Waals surface area contributed by atoms with Crippen LogP contribution in [-0.4, -0.2) is 25.5 Å². The Morgan fingerprint density at radius 2 is 2.00 bits per heavy atom. The molecule has 4 heteroatoms. The summed E-state index contributed by atoms with van der Waals surface area (Å²) in [6, 6.07) is 0. The average Bonchev–Trinajstić information content (AvgIpc) is 2.91. The van der Waals surface area contributed by atoms with Gasteiger partial charge in [0.1, 0.15) is 0 Å². The molecule has 1 aliphatic rings. The number of rotatable bonds is 7. The highest BCUT2D eigenvalue weighted by atomic mass is 35.5. The molecule has 1 rings (SSSR count). The lowest BCUT2D eigenvalue weighted by Crippen LogP contribution is -2.33. The minimum absolute atomic E-state index is 0. The van der Waals surface area contributed by atoms with Gasteiger partial charge in [0.15, 0.2) is 0 Å². The van der Waals surface area contributed by atoms with Crippen LogP contribution < -0.4 is 10.6 Å². The van der Waals surface area contributed by atoms with Gasteiger partial charge in [-0.1, -0.05) is 20.8 Å². The Bertz CT molecular complexity index is 223. The van der Waals surface area contributed by atoms with Crippen LogP contribution in [0.5, 0.6) is 0 Å². The lowest BCUT2D eigenvalue weighted by atomic mass is 10.0. The molecular formula is C12H25ClN2O. The molecule has 3 nitrogen and oxygen atoms in total. The lowest BCUT2D eigenvalue weighted by molar-refractivity contribution is -0.123. The van der Waals surface area contributed by atoms with Crippen molar-refractivity contribution in [3.05, 3.63) is 0 Å². The molecule has 0 aromatic carbocycles. The standard InChI is InChI=1S/C12H24N2O.ClH/c1-4-6-13-7-8-14-11(15)10-9-12(10,3)5-2;/h10,13H,4-9H2,1-3H3,(H,14,15);1H. The van der Waals surface area contributed by atoms with E-state index in [0.717, 1.165) is 38.9 Å². The maximum Gasteiger partial charge on any atom is 0.223 e. The number of hydrogen-bond donors (Lipinski definition) is 2. The van der Waals surface area contributed by atoms with Crippen molar-refractivity contribution in [1.82, 2.24) is 10.6 Å². The van der Waals surface area contributed by atoms with Crippen LogP contribution in [0.1, 0.15) is 40.0 Å². The van der Waals surface area contributed by atoms with E-state index in [1.807, 2.05) is 0 Å². The zero-order valence-electron chi connectivity index (χ0n) is 10.6. The first kappa shape index (κ1) is 15.7. The lowest BCUT2D eigenvalue weighted by Gasteiger charge is -2.08. The van der Waals surface area contributed by atoms with Gasteiger partial charge in [0.05, 0.1) is 0 Å². The van der Waals surface area contributed by atoms with E-state index < -0.39 is 0 Å².